The molecular weight excluding hydrogens is 316 g/mol. The van der Waals surface area contributed by atoms with Crippen LogP contribution in [0.3, 0.4) is 0 Å². The molecule has 1 amide bonds. The van der Waals surface area contributed by atoms with Crippen molar-refractivity contribution in [3.05, 3.63) is 58.3 Å². The largest absolute Gasteiger partial charge is 0.326 e. The topological polar surface area (TPSA) is 42.0 Å². The molecule has 1 aromatic heterocycles. The Morgan fingerprint density at radius 3 is 2.55 bits per heavy atom. The number of hydrogen-bond acceptors (Lipinski definition) is 2. The van der Waals surface area contributed by atoms with Crippen LogP contribution in [0.1, 0.15) is 30.0 Å². The summed E-state index contributed by atoms with van der Waals surface area (Å²) in [6.07, 6.45) is 4.58. The van der Waals surface area contributed by atoms with E-state index in [-0.39, 0.29) is 12.3 Å². The van der Waals surface area contributed by atoms with Crippen LogP contribution in [0.2, 0.25) is 0 Å². The van der Waals surface area contributed by atoms with Gasteiger partial charge in [-0.1, -0.05) is 12.1 Å². The second-order valence-electron chi connectivity index (χ2n) is 5.09. The van der Waals surface area contributed by atoms with E-state index < -0.39 is 0 Å². The van der Waals surface area contributed by atoms with Gasteiger partial charge in [-0.05, 0) is 64.5 Å². The molecule has 0 spiro atoms. The summed E-state index contributed by atoms with van der Waals surface area (Å²) in [5.74, 6) is 0.700. The Morgan fingerprint density at radius 1 is 1.20 bits per heavy atom. The van der Waals surface area contributed by atoms with Gasteiger partial charge >= 0.3 is 0 Å². The zero-order chi connectivity index (χ0) is 13.9. The number of nitrogens with one attached hydrogen (secondary N) is 1. The zero-order valence-corrected chi connectivity index (χ0v) is 12.6. The first-order valence-corrected chi connectivity index (χ1v) is 7.50. The minimum absolute atomic E-state index is 0.0426. The number of carbonyl (C=O) groups excluding carboxylic acids is 1. The molecule has 2 aromatic rings. The average Bonchev–Trinajstić information content (AvgIpc) is 3.27. The fourth-order valence-corrected chi connectivity index (χ4v) is 2.37. The number of pyridine rings is 1. The SMILES string of the molecule is O=C(Cc1ccc(Br)cn1)Nc1ccc(C2CC2)cc1. The van der Waals surface area contributed by atoms with E-state index in [1.165, 1.54) is 18.4 Å². The molecule has 0 bridgehead atoms. The molecule has 3 rings (SSSR count). The lowest BCUT2D eigenvalue weighted by Crippen LogP contribution is -2.15. The second kappa shape index (κ2) is 5.75. The van der Waals surface area contributed by atoms with Crippen LogP contribution in [0.25, 0.3) is 0 Å². The molecule has 1 aliphatic rings. The van der Waals surface area contributed by atoms with Crippen molar-refractivity contribution in [3.63, 3.8) is 0 Å². The highest BCUT2D eigenvalue weighted by Gasteiger charge is 2.22. The average molecular weight is 331 g/mol. The van der Waals surface area contributed by atoms with E-state index in [4.69, 9.17) is 0 Å². The van der Waals surface area contributed by atoms with Crippen LogP contribution >= 0.6 is 15.9 Å². The summed E-state index contributed by atoms with van der Waals surface area (Å²) in [5, 5.41) is 2.90. The number of carbonyl (C=O) groups is 1. The Bertz CT molecular complexity index is 603. The predicted octanol–water partition coefficient (Wildman–Crippen LogP) is 3.90. The first-order chi connectivity index (χ1) is 9.70. The fraction of sp³-hybridized carbons (Fsp3) is 0.250. The van der Waals surface area contributed by atoms with Gasteiger partial charge in [-0.25, -0.2) is 0 Å². The zero-order valence-electron chi connectivity index (χ0n) is 11.0. The summed E-state index contributed by atoms with van der Waals surface area (Å²) < 4.78 is 0.914. The Hall–Kier alpha value is -1.68. The molecule has 1 N–H and O–H groups in total. The molecular formula is C16H15BrN2O. The van der Waals surface area contributed by atoms with Crippen LogP contribution in [0.5, 0.6) is 0 Å². The number of hydrogen-bond donors (Lipinski definition) is 1. The van der Waals surface area contributed by atoms with Crippen molar-refractivity contribution in [2.45, 2.75) is 25.2 Å². The van der Waals surface area contributed by atoms with Gasteiger partial charge in [0.1, 0.15) is 0 Å². The molecule has 0 unspecified atom stereocenters. The lowest BCUT2D eigenvalue weighted by atomic mass is 10.1. The summed E-state index contributed by atoms with van der Waals surface area (Å²) in [6, 6.07) is 11.9. The van der Waals surface area contributed by atoms with Crippen molar-refractivity contribution in [2.24, 2.45) is 0 Å². The highest BCUT2D eigenvalue weighted by molar-refractivity contribution is 9.10. The molecule has 1 fully saturated rings. The van der Waals surface area contributed by atoms with Crippen molar-refractivity contribution >= 4 is 27.5 Å². The van der Waals surface area contributed by atoms with Gasteiger partial charge in [-0.3, -0.25) is 9.78 Å². The smallest absolute Gasteiger partial charge is 0.230 e. The number of halogens is 1. The third-order valence-corrected chi connectivity index (χ3v) is 3.84. The number of amides is 1. The lowest BCUT2D eigenvalue weighted by Gasteiger charge is -2.06. The van der Waals surface area contributed by atoms with Gasteiger partial charge in [0.15, 0.2) is 0 Å². The molecule has 0 atom stereocenters. The third-order valence-electron chi connectivity index (χ3n) is 3.37. The Labute approximate surface area is 126 Å². The number of nitrogens with zero attached hydrogens (tertiary/aromatic N) is 1. The highest BCUT2D eigenvalue weighted by atomic mass is 79.9. The van der Waals surface area contributed by atoms with Gasteiger partial charge in [-0.2, -0.15) is 0 Å². The maximum absolute atomic E-state index is 11.9. The summed E-state index contributed by atoms with van der Waals surface area (Å²) >= 11 is 3.33. The molecule has 1 aromatic carbocycles. The van der Waals surface area contributed by atoms with Gasteiger partial charge in [-0.15, -0.1) is 0 Å². The first-order valence-electron chi connectivity index (χ1n) is 6.71. The molecule has 3 nitrogen and oxygen atoms in total. The Kier molecular flexibility index (Phi) is 3.83. The summed E-state index contributed by atoms with van der Waals surface area (Å²) in [4.78, 5) is 16.1. The van der Waals surface area contributed by atoms with Crippen LogP contribution in [0.15, 0.2) is 47.1 Å². The second-order valence-corrected chi connectivity index (χ2v) is 6.00. The predicted molar refractivity (Wildman–Crippen MR) is 82.7 cm³/mol. The third kappa shape index (κ3) is 3.45. The van der Waals surface area contributed by atoms with E-state index >= 15 is 0 Å². The van der Waals surface area contributed by atoms with Crippen LogP contribution < -0.4 is 5.32 Å². The first kappa shape index (κ1) is 13.3. The number of benzene rings is 1. The van der Waals surface area contributed by atoms with E-state index in [1.807, 2.05) is 24.3 Å². The molecule has 0 saturated heterocycles. The lowest BCUT2D eigenvalue weighted by molar-refractivity contribution is -0.115. The normalized spacial score (nSPS) is 14.1. The van der Waals surface area contributed by atoms with Crippen LogP contribution in [-0.4, -0.2) is 10.9 Å². The standard InChI is InChI=1S/C16H15BrN2O/c17-13-5-8-15(18-10-13)9-16(20)19-14-6-3-12(4-7-14)11-1-2-11/h3-8,10-11H,1-2,9H2,(H,19,20). The number of anilines is 1. The van der Waals surface area contributed by atoms with Gasteiger partial charge in [0.05, 0.1) is 6.42 Å². The minimum Gasteiger partial charge on any atom is -0.326 e. The molecule has 0 radical (unpaired) electrons. The highest BCUT2D eigenvalue weighted by Crippen LogP contribution is 2.40. The Balaban J connectivity index is 1.59. The molecule has 4 heteroatoms. The summed E-state index contributed by atoms with van der Waals surface area (Å²) in [7, 11) is 0. The van der Waals surface area contributed by atoms with Crippen molar-refractivity contribution < 1.29 is 4.79 Å². The van der Waals surface area contributed by atoms with E-state index in [0.29, 0.717) is 0 Å². The van der Waals surface area contributed by atoms with Gasteiger partial charge < -0.3 is 5.32 Å². The van der Waals surface area contributed by atoms with Crippen LogP contribution in [0, 0.1) is 0 Å². The van der Waals surface area contributed by atoms with Crippen molar-refractivity contribution in [3.8, 4) is 0 Å². The quantitative estimate of drug-likeness (QED) is 0.923. The van der Waals surface area contributed by atoms with Crippen molar-refractivity contribution in [1.82, 2.24) is 4.98 Å². The van der Waals surface area contributed by atoms with E-state index in [2.05, 4.69) is 38.4 Å². The van der Waals surface area contributed by atoms with E-state index in [9.17, 15) is 4.79 Å². The van der Waals surface area contributed by atoms with Crippen LogP contribution in [-0.2, 0) is 11.2 Å². The molecule has 1 saturated carbocycles. The van der Waals surface area contributed by atoms with Gasteiger partial charge in [0.2, 0.25) is 5.91 Å². The number of aromatic nitrogens is 1. The molecule has 0 aliphatic heterocycles. The monoisotopic (exact) mass is 330 g/mol. The molecule has 102 valence electrons. The van der Waals surface area contributed by atoms with Gasteiger partial charge in [0.25, 0.3) is 0 Å². The molecule has 1 heterocycles. The summed E-state index contributed by atoms with van der Waals surface area (Å²) in [6.45, 7) is 0. The minimum atomic E-state index is -0.0426. The molecule has 1 aliphatic carbocycles. The maximum Gasteiger partial charge on any atom is 0.230 e. The maximum atomic E-state index is 11.9. The van der Waals surface area contributed by atoms with Gasteiger partial charge in [0, 0.05) is 22.1 Å². The van der Waals surface area contributed by atoms with E-state index in [0.717, 1.165) is 21.8 Å². The van der Waals surface area contributed by atoms with Crippen LogP contribution in [0.4, 0.5) is 5.69 Å². The van der Waals surface area contributed by atoms with Crippen molar-refractivity contribution in [1.29, 1.82) is 0 Å². The van der Waals surface area contributed by atoms with Crippen molar-refractivity contribution in [2.75, 3.05) is 5.32 Å². The number of rotatable bonds is 4. The van der Waals surface area contributed by atoms with E-state index in [1.54, 1.807) is 6.20 Å². The molecule has 20 heavy (non-hydrogen) atoms. The fourth-order valence-electron chi connectivity index (χ4n) is 2.14. The Morgan fingerprint density at radius 2 is 1.95 bits per heavy atom. The summed E-state index contributed by atoms with van der Waals surface area (Å²) in [5.41, 5.74) is 2.98.